The first-order valence-electron chi connectivity index (χ1n) is 9.04. The van der Waals surface area contributed by atoms with E-state index in [1.54, 1.807) is 0 Å². The van der Waals surface area contributed by atoms with Crippen LogP contribution in [-0.2, 0) is 14.3 Å². The van der Waals surface area contributed by atoms with Gasteiger partial charge in [0.05, 0.1) is 12.5 Å². The Morgan fingerprint density at radius 1 is 1.09 bits per heavy atom. The van der Waals surface area contributed by atoms with Crippen LogP contribution in [0.1, 0.15) is 84.5 Å². The third kappa shape index (κ3) is 7.24. The van der Waals surface area contributed by atoms with Crippen molar-refractivity contribution < 1.29 is 14.3 Å². The van der Waals surface area contributed by atoms with Gasteiger partial charge >= 0.3 is 5.97 Å². The van der Waals surface area contributed by atoms with Gasteiger partial charge in [-0.15, -0.1) is 0 Å². The van der Waals surface area contributed by atoms with E-state index in [0.29, 0.717) is 19.4 Å². The smallest absolute Gasteiger partial charge is 0.309 e. The van der Waals surface area contributed by atoms with Crippen LogP contribution < -0.4 is 0 Å². The molecule has 0 N–H and O–H groups in total. The molecule has 0 spiro atoms. The minimum atomic E-state index is -0.155. The van der Waals surface area contributed by atoms with Crippen molar-refractivity contribution in [2.45, 2.75) is 84.5 Å². The fourth-order valence-electron chi connectivity index (χ4n) is 3.12. The van der Waals surface area contributed by atoms with Gasteiger partial charge in [-0.2, -0.15) is 0 Å². The molecule has 3 nitrogen and oxygen atoms in total. The molecule has 1 atom stereocenters. The number of ketones is 1. The lowest BCUT2D eigenvalue weighted by molar-refractivity contribution is -0.148. The summed E-state index contributed by atoms with van der Waals surface area (Å²) in [5.41, 5.74) is 0.815. The van der Waals surface area contributed by atoms with Crippen LogP contribution in [0.15, 0.2) is 11.6 Å². The highest BCUT2D eigenvalue weighted by molar-refractivity contribution is 5.95. The predicted octanol–water partition coefficient (Wildman–Crippen LogP) is 4.99. The van der Waals surface area contributed by atoms with E-state index in [1.165, 1.54) is 32.1 Å². The molecule has 0 aromatic heterocycles. The Morgan fingerprint density at radius 2 is 1.68 bits per heavy atom. The van der Waals surface area contributed by atoms with Crippen molar-refractivity contribution in [2.75, 3.05) is 6.61 Å². The van der Waals surface area contributed by atoms with E-state index in [1.807, 2.05) is 19.9 Å². The minimum absolute atomic E-state index is 0.137. The largest absolute Gasteiger partial charge is 0.466 e. The van der Waals surface area contributed by atoms with Crippen molar-refractivity contribution in [3.05, 3.63) is 11.6 Å². The fourth-order valence-corrected chi connectivity index (χ4v) is 3.12. The molecule has 3 heteroatoms. The standard InChI is InChI=1S/C19H32O3/c1-3-16-15-17(19(21)22-4-2)13-11-9-7-5-6-8-10-12-14-18(16)20/h3,17H,4-15H2,1-2H3/b16-3+. The molecule has 22 heavy (non-hydrogen) atoms. The number of allylic oxidation sites excluding steroid dienone is 2. The number of esters is 1. The van der Waals surface area contributed by atoms with Crippen molar-refractivity contribution in [3.8, 4) is 0 Å². The molecule has 0 heterocycles. The Bertz CT molecular complexity index is 371. The summed E-state index contributed by atoms with van der Waals surface area (Å²) in [6.07, 6.45) is 13.3. The molecule has 1 aliphatic carbocycles. The van der Waals surface area contributed by atoms with Gasteiger partial charge in [-0.1, -0.05) is 51.0 Å². The minimum Gasteiger partial charge on any atom is -0.466 e. The molecular weight excluding hydrogens is 276 g/mol. The summed E-state index contributed by atoms with van der Waals surface area (Å²) in [5.74, 6) is -0.0753. The molecule has 0 saturated heterocycles. The van der Waals surface area contributed by atoms with Crippen LogP contribution in [0.5, 0.6) is 0 Å². The van der Waals surface area contributed by atoms with Gasteiger partial charge in [-0.25, -0.2) is 0 Å². The van der Waals surface area contributed by atoms with Crippen molar-refractivity contribution in [1.29, 1.82) is 0 Å². The van der Waals surface area contributed by atoms with Gasteiger partial charge in [-0.3, -0.25) is 9.59 Å². The summed E-state index contributed by atoms with van der Waals surface area (Å²) < 4.78 is 5.20. The SMILES string of the molecule is C/C=C1\CC(C(=O)OCC)CCCCCCCCCCC1=O. The van der Waals surface area contributed by atoms with E-state index in [-0.39, 0.29) is 17.7 Å². The maximum absolute atomic E-state index is 12.3. The summed E-state index contributed by atoms with van der Waals surface area (Å²) in [5, 5.41) is 0. The number of Topliss-reactive ketones (excluding diaryl/α,β-unsaturated/α-hetero) is 1. The fraction of sp³-hybridized carbons (Fsp3) is 0.789. The maximum Gasteiger partial charge on any atom is 0.309 e. The van der Waals surface area contributed by atoms with Gasteiger partial charge in [-0.05, 0) is 38.7 Å². The third-order valence-electron chi connectivity index (χ3n) is 4.50. The van der Waals surface area contributed by atoms with Gasteiger partial charge in [0.1, 0.15) is 0 Å². The molecule has 1 saturated carbocycles. The van der Waals surface area contributed by atoms with Gasteiger partial charge in [0.25, 0.3) is 0 Å². The van der Waals surface area contributed by atoms with E-state index >= 15 is 0 Å². The second-order valence-corrected chi connectivity index (χ2v) is 6.26. The normalized spacial score (nSPS) is 24.7. The highest BCUT2D eigenvalue weighted by Crippen LogP contribution is 2.24. The lowest BCUT2D eigenvalue weighted by Crippen LogP contribution is -2.20. The molecule has 1 unspecified atom stereocenters. The van der Waals surface area contributed by atoms with Crippen LogP contribution in [0.2, 0.25) is 0 Å². The average Bonchev–Trinajstić information content (AvgIpc) is 2.51. The number of hydrogen-bond acceptors (Lipinski definition) is 3. The quantitative estimate of drug-likeness (QED) is 0.533. The molecule has 1 rings (SSSR count). The number of carbonyl (C=O) groups excluding carboxylic acids is 2. The average molecular weight is 308 g/mol. The van der Waals surface area contributed by atoms with Crippen molar-refractivity contribution in [2.24, 2.45) is 5.92 Å². The zero-order valence-electron chi connectivity index (χ0n) is 14.4. The summed E-state index contributed by atoms with van der Waals surface area (Å²) in [6, 6.07) is 0. The number of carbonyl (C=O) groups is 2. The third-order valence-corrected chi connectivity index (χ3v) is 4.50. The number of rotatable bonds is 2. The highest BCUT2D eigenvalue weighted by atomic mass is 16.5. The van der Waals surface area contributed by atoms with Crippen molar-refractivity contribution >= 4 is 11.8 Å². The zero-order valence-corrected chi connectivity index (χ0v) is 14.4. The van der Waals surface area contributed by atoms with Crippen molar-refractivity contribution in [3.63, 3.8) is 0 Å². The molecule has 126 valence electrons. The Morgan fingerprint density at radius 3 is 2.27 bits per heavy atom. The second-order valence-electron chi connectivity index (χ2n) is 6.26. The van der Waals surface area contributed by atoms with Gasteiger partial charge in [0.15, 0.2) is 5.78 Å². The van der Waals surface area contributed by atoms with Crippen LogP contribution in [0.3, 0.4) is 0 Å². The predicted molar refractivity (Wildman–Crippen MR) is 89.7 cm³/mol. The van der Waals surface area contributed by atoms with Crippen molar-refractivity contribution in [1.82, 2.24) is 0 Å². The van der Waals surface area contributed by atoms with E-state index < -0.39 is 0 Å². The van der Waals surface area contributed by atoms with Crippen LogP contribution in [0.4, 0.5) is 0 Å². The molecule has 0 radical (unpaired) electrons. The van der Waals surface area contributed by atoms with Crippen LogP contribution in [-0.4, -0.2) is 18.4 Å². The monoisotopic (exact) mass is 308 g/mol. The van der Waals surface area contributed by atoms with E-state index in [4.69, 9.17) is 4.74 Å². The van der Waals surface area contributed by atoms with E-state index in [9.17, 15) is 9.59 Å². The first-order valence-corrected chi connectivity index (χ1v) is 9.04. The van der Waals surface area contributed by atoms with Crippen LogP contribution in [0.25, 0.3) is 0 Å². The summed E-state index contributed by atoms with van der Waals surface area (Å²) in [7, 11) is 0. The molecular formula is C19H32O3. The highest BCUT2D eigenvalue weighted by Gasteiger charge is 2.23. The molecule has 1 aliphatic rings. The Kier molecular flexibility index (Phi) is 9.85. The van der Waals surface area contributed by atoms with Gasteiger partial charge < -0.3 is 4.74 Å². The lowest BCUT2D eigenvalue weighted by Gasteiger charge is -2.17. The van der Waals surface area contributed by atoms with E-state index in [2.05, 4.69) is 0 Å². The molecule has 0 bridgehead atoms. The molecule has 0 amide bonds. The zero-order chi connectivity index (χ0) is 16.2. The number of hydrogen-bond donors (Lipinski definition) is 0. The second kappa shape index (κ2) is 11.4. The van der Waals surface area contributed by atoms with Crippen LogP contribution >= 0.6 is 0 Å². The first kappa shape index (κ1) is 18.9. The topological polar surface area (TPSA) is 43.4 Å². The van der Waals surface area contributed by atoms with Gasteiger partial charge in [0.2, 0.25) is 0 Å². The lowest BCUT2D eigenvalue weighted by atomic mass is 9.89. The first-order chi connectivity index (χ1) is 10.7. The number of ether oxygens (including phenoxy) is 1. The molecule has 0 aliphatic heterocycles. The summed E-state index contributed by atoms with van der Waals surface area (Å²) >= 11 is 0. The van der Waals surface area contributed by atoms with Gasteiger partial charge in [0, 0.05) is 6.42 Å². The maximum atomic E-state index is 12.3. The summed E-state index contributed by atoms with van der Waals surface area (Å²) in [4.78, 5) is 24.5. The molecule has 0 aromatic carbocycles. The molecule has 1 fully saturated rings. The Labute approximate surface area is 135 Å². The Balaban J connectivity index is 2.71. The Hall–Kier alpha value is -1.12. The van der Waals surface area contributed by atoms with E-state index in [0.717, 1.165) is 31.3 Å². The van der Waals surface area contributed by atoms with Crippen LogP contribution in [0, 0.1) is 5.92 Å². The molecule has 0 aromatic rings. The summed E-state index contributed by atoms with van der Waals surface area (Å²) in [6.45, 7) is 4.15.